The molecule has 0 aliphatic carbocycles. The predicted molar refractivity (Wildman–Crippen MR) is 74.3 cm³/mol. The SMILES string of the molecule is O=Cc1cn(-c2ccccc2F)nc1-c1ccc(F)cc1. The fourth-order valence-electron chi connectivity index (χ4n) is 2.07. The minimum atomic E-state index is -0.442. The van der Waals surface area contributed by atoms with Gasteiger partial charge in [0.25, 0.3) is 0 Å². The Hall–Kier alpha value is -2.82. The molecule has 3 aromatic rings. The highest BCUT2D eigenvalue weighted by molar-refractivity contribution is 5.85. The number of carbonyl (C=O) groups is 1. The largest absolute Gasteiger partial charge is 0.298 e. The van der Waals surface area contributed by atoms with Crippen LogP contribution in [0.1, 0.15) is 10.4 Å². The molecule has 0 aliphatic heterocycles. The molecular weight excluding hydrogens is 274 g/mol. The van der Waals surface area contributed by atoms with Crippen molar-refractivity contribution in [1.82, 2.24) is 9.78 Å². The van der Waals surface area contributed by atoms with Gasteiger partial charge in [0.2, 0.25) is 0 Å². The third kappa shape index (κ3) is 2.45. The smallest absolute Gasteiger partial charge is 0.153 e. The number of benzene rings is 2. The van der Waals surface area contributed by atoms with E-state index in [2.05, 4.69) is 5.10 Å². The highest BCUT2D eigenvalue weighted by atomic mass is 19.1. The number of para-hydroxylation sites is 1. The molecule has 0 atom stereocenters. The van der Waals surface area contributed by atoms with Gasteiger partial charge < -0.3 is 0 Å². The number of aromatic nitrogens is 2. The van der Waals surface area contributed by atoms with Crippen LogP contribution in [0.2, 0.25) is 0 Å². The van der Waals surface area contributed by atoms with E-state index in [0.717, 1.165) is 0 Å². The zero-order valence-electron chi connectivity index (χ0n) is 10.8. The molecule has 5 heteroatoms. The van der Waals surface area contributed by atoms with E-state index in [0.29, 0.717) is 23.1 Å². The molecule has 0 bridgehead atoms. The van der Waals surface area contributed by atoms with E-state index in [9.17, 15) is 13.6 Å². The molecule has 1 aromatic heterocycles. The van der Waals surface area contributed by atoms with Crippen LogP contribution < -0.4 is 0 Å². The molecule has 3 rings (SSSR count). The molecule has 21 heavy (non-hydrogen) atoms. The Balaban J connectivity index is 2.13. The van der Waals surface area contributed by atoms with E-state index in [1.54, 1.807) is 18.2 Å². The lowest BCUT2D eigenvalue weighted by Gasteiger charge is -2.02. The van der Waals surface area contributed by atoms with Crippen molar-refractivity contribution in [1.29, 1.82) is 0 Å². The zero-order chi connectivity index (χ0) is 14.8. The van der Waals surface area contributed by atoms with Crippen LogP contribution in [0.5, 0.6) is 0 Å². The van der Waals surface area contributed by atoms with Gasteiger partial charge in [0.05, 0.1) is 5.56 Å². The van der Waals surface area contributed by atoms with E-state index in [4.69, 9.17) is 0 Å². The van der Waals surface area contributed by atoms with Gasteiger partial charge in [-0.2, -0.15) is 5.10 Å². The fraction of sp³-hybridized carbons (Fsp3) is 0. The number of rotatable bonds is 3. The standard InChI is InChI=1S/C16H10F2N2O/c17-13-7-5-11(6-8-13)16-12(10-21)9-20(19-16)15-4-2-1-3-14(15)18/h1-10H. The van der Waals surface area contributed by atoms with Crippen LogP contribution in [0.25, 0.3) is 16.9 Å². The molecule has 0 saturated carbocycles. The van der Waals surface area contributed by atoms with Gasteiger partial charge in [0, 0.05) is 11.8 Å². The van der Waals surface area contributed by atoms with Crippen LogP contribution >= 0.6 is 0 Å². The molecule has 0 fully saturated rings. The van der Waals surface area contributed by atoms with Crippen LogP contribution in [0.15, 0.2) is 54.7 Å². The predicted octanol–water partition coefficient (Wildman–Crippen LogP) is 3.63. The van der Waals surface area contributed by atoms with Crippen molar-refractivity contribution in [3.63, 3.8) is 0 Å². The third-order valence-electron chi connectivity index (χ3n) is 3.09. The second-order valence-electron chi connectivity index (χ2n) is 4.45. The second kappa shape index (κ2) is 5.28. The van der Waals surface area contributed by atoms with E-state index in [1.165, 1.54) is 41.2 Å². The number of hydrogen-bond donors (Lipinski definition) is 0. The van der Waals surface area contributed by atoms with Gasteiger partial charge in [0.1, 0.15) is 23.0 Å². The number of nitrogens with zero attached hydrogens (tertiary/aromatic N) is 2. The summed E-state index contributed by atoms with van der Waals surface area (Å²) in [7, 11) is 0. The molecule has 3 nitrogen and oxygen atoms in total. The Morgan fingerprint density at radius 1 is 1.00 bits per heavy atom. The average molecular weight is 284 g/mol. The van der Waals surface area contributed by atoms with Crippen LogP contribution in [-0.4, -0.2) is 16.1 Å². The summed E-state index contributed by atoms with van der Waals surface area (Å²) in [4.78, 5) is 11.2. The Labute approximate surface area is 119 Å². The molecule has 0 aliphatic rings. The zero-order valence-corrected chi connectivity index (χ0v) is 10.8. The normalized spacial score (nSPS) is 10.6. The monoisotopic (exact) mass is 284 g/mol. The molecule has 0 unspecified atom stereocenters. The van der Waals surface area contributed by atoms with Gasteiger partial charge in [-0.1, -0.05) is 12.1 Å². The highest BCUT2D eigenvalue weighted by Crippen LogP contribution is 2.23. The summed E-state index contributed by atoms with van der Waals surface area (Å²) in [6.07, 6.45) is 2.09. The first-order valence-corrected chi connectivity index (χ1v) is 6.25. The highest BCUT2D eigenvalue weighted by Gasteiger charge is 2.13. The lowest BCUT2D eigenvalue weighted by Crippen LogP contribution is -1.98. The number of hydrogen-bond acceptors (Lipinski definition) is 2. The van der Waals surface area contributed by atoms with Crippen molar-refractivity contribution >= 4 is 6.29 Å². The molecule has 0 N–H and O–H groups in total. The van der Waals surface area contributed by atoms with E-state index in [-0.39, 0.29) is 11.5 Å². The minimum absolute atomic E-state index is 0.244. The van der Waals surface area contributed by atoms with E-state index < -0.39 is 5.82 Å². The molecule has 0 radical (unpaired) electrons. The maximum atomic E-state index is 13.8. The maximum Gasteiger partial charge on any atom is 0.153 e. The van der Waals surface area contributed by atoms with Gasteiger partial charge in [-0.25, -0.2) is 13.5 Å². The Morgan fingerprint density at radius 2 is 1.71 bits per heavy atom. The molecule has 0 amide bonds. The van der Waals surface area contributed by atoms with Crippen molar-refractivity contribution in [2.24, 2.45) is 0 Å². The summed E-state index contributed by atoms with van der Waals surface area (Å²) >= 11 is 0. The summed E-state index contributed by atoms with van der Waals surface area (Å²) < 4.78 is 28.0. The van der Waals surface area contributed by atoms with Crippen molar-refractivity contribution < 1.29 is 13.6 Å². The van der Waals surface area contributed by atoms with Crippen molar-refractivity contribution in [3.8, 4) is 16.9 Å². The van der Waals surface area contributed by atoms with E-state index >= 15 is 0 Å². The number of halogens is 2. The molecule has 1 heterocycles. The first-order valence-electron chi connectivity index (χ1n) is 6.25. The Kier molecular flexibility index (Phi) is 3.31. The fourth-order valence-corrected chi connectivity index (χ4v) is 2.07. The van der Waals surface area contributed by atoms with Crippen LogP contribution in [0.4, 0.5) is 8.78 Å². The number of aldehydes is 1. The van der Waals surface area contributed by atoms with E-state index in [1.807, 2.05) is 0 Å². The lowest BCUT2D eigenvalue weighted by molar-refractivity contribution is 0.112. The first-order chi connectivity index (χ1) is 10.2. The van der Waals surface area contributed by atoms with Crippen molar-refractivity contribution in [2.45, 2.75) is 0 Å². The Bertz CT molecular complexity index is 794. The summed E-state index contributed by atoms with van der Waals surface area (Å²) in [5.74, 6) is -0.817. The first kappa shape index (κ1) is 13.2. The van der Waals surface area contributed by atoms with Gasteiger partial charge in [-0.15, -0.1) is 0 Å². The third-order valence-corrected chi connectivity index (χ3v) is 3.09. The van der Waals surface area contributed by atoms with Gasteiger partial charge >= 0.3 is 0 Å². The molecule has 0 spiro atoms. The molecule has 0 saturated heterocycles. The molecule has 104 valence electrons. The summed E-state index contributed by atoms with van der Waals surface area (Å²) in [6.45, 7) is 0. The number of carbonyl (C=O) groups excluding carboxylic acids is 1. The van der Waals surface area contributed by atoms with Crippen molar-refractivity contribution in [3.05, 3.63) is 71.9 Å². The maximum absolute atomic E-state index is 13.8. The van der Waals surface area contributed by atoms with Gasteiger partial charge in [-0.3, -0.25) is 4.79 Å². The summed E-state index contributed by atoms with van der Waals surface area (Å²) in [6, 6.07) is 11.7. The topological polar surface area (TPSA) is 34.9 Å². The summed E-state index contributed by atoms with van der Waals surface area (Å²) in [5.41, 5.74) is 1.53. The second-order valence-corrected chi connectivity index (χ2v) is 4.45. The summed E-state index contributed by atoms with van der Waals surface area (Å²) in [5, 5.41) is 4.23. The molecular formula is C16H10F2N2O. The van der Waals surface area contributed by atoms with Gasteiger partial charge in [0.15, 0.2) is 6.29 Å². The lowest BCUT2D eigenvalue weighted by atomic mass is 10.1. The van der Waals surface area contributed by atoms with Gasteiger partial charge in [-0.05, 0) is 36.4 Å². The van der Waals surface area contributed by atoms with Crippen molar-refractivity contribution in [2.75, 3.05) is 0 Å². The Morgan fingerprint density at radius 3 is 2.38 bits per heavy atom. The molecule has 2 aromatic carbocycles. The van der Waals surface area contributed by atoms with Crippen LogP contribution in [0, 0.1) is 11.6 Å². The quantitative estimate of drug-likeness (QED) is 0.688. The minimum Gasteiger partial charge on any atom is -0.298 e. The van der Waals surface area contributed by atoms with Crippen LogP contribution in [0.3, 0.4) is 0 Å². The van der Waals surface area contributed by atoms with Crippen LogP contribution in [-0.2, 0) is 0 Å². The average Bonchev–Trinajstić information content (AvgIpc) is 2.92.